The molecule has 0 saturated heterocycles. The van der Waals surface area contributed by atoms with Crippen molar-refractivity contribution in [1.82, 2.24) is 0 Å². The molecule has 0 aromatic rings. The van der Waals surface area contributed by atoms with Gasteiger partial charge in [-0.05, 0) is 0 Å². The summed E-state index contributed by atoms with van der Waals surface area (Å²) in [5.74, 6) is 0. The van der Waals surface area contributed by atoms with Crippen LogP contribution in [-0.4, -0.2) is 162 Å². The number of hydrogen-bond donors (Lipinski definition) is 3. The van der Waals surface area contributed by atoms with Gasteiger partial charge in [0, 0.05) is 148 Å². The molecule has 0 aliphatic heterocycles. The van der Waals surface area contributed by atoms with E-state index < -0.39 is 7.82 Å². The minimum absolute atomic E-state index is 0. The minimum atomic E-state index is -4.64. The Morgan fingerprint density at radius 3 is 0.700 bits per heavy atom. The van der Waals surface area contributed by atoms with Crippen molar-refractivity contribution in [3.8, 4) is 0 Å². The number of hydrogen-bond acceptors (Lipinski definition) is 1. The van der Waals surface area contributed by atoms with Crippen molar-refractivity contribution >= 4 is 156 Å². The van der Waals surface area contributed by atoms with E-state index in [1.54, 1.807) is 0 Å². The molecule has 10 heavy (non-hydrogen) atoms. The van der Waals surface area contributed by atoms with Gasteiger partial charge >= 0.3 is 7.82 Å². The predicted octanol–water partition coefficient (Wildman–Crippen LogP) is -2.83. The summed E-state index contributed by atoms with van der Waals surface area (Å²) in [6, 6.07) is 0. The van der Waals surface area contributed by atoms with Crippen molar-refractivity contribution < 1.29 is 19.2 Å². The Hall–Kier alpha value is 5.11. The molecule has 0 aromatic heterocycles. The fraction of sp³-hybridized carbons (Fsp3) is 0. The van der Waals surface area contributed by atoms with Gasteiger partial charge in [0.1, 0.15) is 0 Å². The van der Waals surface area contributed by atoms with Crippen molar-refractivity contribution in [3.05, 3.63) is 0 Å². The van der Waals surface area contributed by atoms with Crippen LogP contribution in [0.3, 0.4) is 0 Å². The summed E-state index contributed by atoms with van der Waals surface area (Å²) in [6.45, 7) is 0. The fourth-order valence-corrected chi connectivity index (χ4v) is 0. The normalized spacial score (nSPS) is 5.90. The molecule has 0 aromatic carbocycles. The second-order valence-corrected chi connectivity index (χ2v) is 1.54. The van der Waals surface area contributed by atoms with E-state index in [9.17, 15) is 0 Å². The van der Waals surface area contributed by atoms with E-state index in [0.29, 0.717) is 0 Å². The first-order valence-electron chi connectivity index (χ1n) is 0.783. The third-order valence-corrected chi connectivity index (χ3v) is 0. The van der Waals surface area contributed by atoms with E-state index >= 15 is 0 Å². The van der Waals surface area contributed by atoms with Crippen molar-refractivity contribution in [1.29, 1.82) is 0 Å². The van der Waals surface area contributed by atoms with Crippen LogP contribution in [0.1, 0.15) is 0 Å². The predicted molar refractivity (Wildman–Crippen MR) is 43.0 cm³/mol. The topological polar surface area (TPSA) is 77.8 Å². The summed E-state index contributed by atoms with van der Waals surface area (Å²) in [7, 11) is -4.64. The molecule has 0 rings (SSSR count). The average Bonchev–Trinajstić information content (AvgIpc) is 0.722. The molecule has 0 atom stereocenters. The Morgan fingerprint density at radius 2 is 0.700 bits per heavy atom. The van der Waals surface area contributed by atoms with Gasteiger partial charge in [0.15, 0.2) is 0 Å². The summed E-state index contributed by atoms with van der Waals surface area (Å²) in [4.78, 5) is 21.6. The summed E-state index contributed by atoms with van der Waals surface area (Å²) in [6.07, 6.45) is 0. The Kier molecular flexibility index (Phi) is 71.2. The van der Waals surface area contributed by atoms with Crippen molar-refractivity contribution in [2.45, 2.75) is 0 Å². The summed E-state index contributed by atoms with van der Waals surface area (Å²) in [5.41, 5.74) is 0. The van der Waals surface area contributed by atoms with Gasteiger partial charge in [-0.25, -0.2) is 4.57 Å². The van der Waals surface area contributed by atoms with Crippen LogP contribution in [0.15, 0.2) is 0 Å². The zero-order chi connectivity index (χ0) is 4.50. The van der Waals surface area contributed by atoms with Gasteiger partial charge in [0.2, 0.25) is 0 Å². The fourth-order valence-electron chi connectivity index (χ4n) is 0. The van der Waals surface area contributed by atoms with E-state index in [1.807, 2.05) is 0 Å². The van der Waals surface area contributed by atoms with Crippen LogP contribution in [-0.2, 0) is 4.57 Å². The van der Waals surface area contributed by atoms with E-state index in [1.165, 1.54) is 0 Å². The summed E-state index contributed by atoms with van der Waals surface area (Å²) in [5, 5.41) is 0. The second kappa shape index (κ2) is 19.6. The van der Waals surface area contributed by atoms with Gasteiger partial charge < -0.3 is 14.7 Å². The van der Waals surface area contributed by atoms with Crippen molar-refractivity contribution in [2.24, 2.45) is 0 Å². The zero-order valence-electron chi connectivity index (χ0n) is 7.20. The van der Waals surface area contributed by atoms with Gasteiger partial charge in [-0.2, -0.15) is 0 Å². The van der Waals surface area contributed by atoms with E-state index in [4.69, 9.17) is 19.2 Å². The number of rotatable bonds is 0. The first-order chi connectivity index (χ1) is 2.00. The van der Waals surface area contributed by atoms with Crippen LogP contribution < -0.4 is 0 Å². The van der Waals surface area contributed by atoms with Crippen LogP contribution in [0.4, 0.5) is 0 Å². The van der Waals surface area contributed by atoms with Gasteiger partial charge in [0.05, 0.1) is 0 Å². The molecule has 0 aliphatic carbocycles. The van der Waals surface area contributed by atoms with Crippen LogP contribution in [0, 0.1) is 0 Å². The molecule has 0 amide bonds. The van der Waals surface area contributed by atoms with Gasteiger partial charge in [-0.1, -0.05) is 0 Å². The van der Waals surface area contributed by atoms with Crippen LogP contribution in [0.5, 0.6) is 0 Å². The standard InChI is InChI=1S/5Na.H3O4P/c;;;;;1-5(2,3)4/h;;;;;(H3,1,2,3,4). The Labute approximate surface area is 170 Å². The number of phosphoric acid groups is 1. The van der Waals surface area contributed by atoms with E-state index in [2.05, 4.69) is 0 Å². The van der Waals surface area contributed by atoms with Crippen molar-refractivity contribution in [3.63, 3.8) is 0 Å². The average molecular weight is 213 g/mol. The van der Waals surface area contributed by atoms with Gasteiger partial charge in [-0.3, -0.25) is 0 Å². The van der Waals surface area contributed by atoms with E-state index in [-0.39, 0.29) is 148 Å². The van der Waals surface area contributed by atoms with Crippen LogP contribution >= 0.6 is 7.82 Å². The molecule has 0 spiro atoms. The molecule has 4 nitrogen and oxygen atoms in total. The first kappa shape index (κ1) is 36.2. The molecule has 5 radical (unpaired) electrons. The molecule has 0 unspecified atom stereocenters. The van der Waals surface area contributed by atoms with Crippen LogP contribution in [0.25, 0.3) is 0 Å². The molecular formula is H3Na5O4P. The zero-order valence-corrected chi connectivity index (χ0v) is 18.1. The Morgan fingerprint density at radius 1 is 0.700 bits per heavy atom. The molecule has 0 aliphatic rings. The smallest absolute Gasteiger partial charge is 0.303 e. The third-order valence-electron chi connectivity index (χ3n) is 0. The monoisotopic (exact) mass is 213 g/mol. The minimum Gasteiger partial charge on any atom is -0.303 e. The summed E-state index contributed by atoms with van der Waals surface area (Å²) >= 11 is 0. The van der Waals surface area contributed by atoms with Crippen molar-refractivity contribution in [2.75, 3.05) is 0 Å². The molecular weight excluding hydrogens is 210 g/mol. The third kappa shape index (κ3) is 73.6. The molecule has 10 heteroatoms. The molecule has 0 fully saturated rings. The maximum atomic E-state index is 8.88. The van der Waals surface area contributed by atoms with E-state index in [0.717, 1.165) is 0 Å². The Balaban J connectivity index is -0.00000000800. The second-order valence-electron chi connectivity index (χ2n) is 0.513. The quantitative estimate of drug-likeness (QED) is 0.299. The maximum absolute atomic E-state index is 8.88. The summed E-state index contributed by atoms with van der Waals surface area (Å²) < 4.78 is 8.88. The maximum Gasteiger partial charge on any atom is 0.466 e. The molecule has 0 saturated carbocycles. The van der Waals surface area contributed by atoms with Crippen LogP contribution in [0.2, 0.25) is 0 Å². The largest absolute Gasteiger partial charge is 0.466 e. The Bertz CT molecular complexity index is 59.8. The van der Waals surface area contributed by atoms with Gasteiger partial charge in [-0.15, -0.1) is 0 Å². The molecule has 0 bridgehead atoms. The SMILES string of the molecule is O=P(O)(O)O.[Na].[Na].[Na].[Na].[Na]. The molecule has 3 N–H and O–H groups in total. The molecule has 0 heterocycles. The molecule has 37 valence electrons. The van der Waals surface area contributed by atoms with Gasteiger partial charge in [0.25, 0.3) is 0 Å². The first-order valence-corrected chi connectivity index (χ1v) is 2.35.